The molecule has 0 spiro atoms. The number of rotatable bonds is 8. The second kappa shape index (κ2) is 9.57. The number of hydrogen-bond acceptors (Lipinski definition) is 5. The van der Waals surface area contributed by atoms with Gasteiger partial charge >= 0.3 is 0 Å². The van der Waals surface area contributed by atoms with Crippen LogP contribution in [0.1, 0.15) is 10.4 Å². The maximum Gasteiger partial charge on any atom is 0.271 e. The molecule has 28 heavy (non-hydrogen) atoms. The molecule has 0 saturated heterocycles. The van der Waals surface area contributed by atoms with Gasteiger partial charge in [0.25, 0.3) is 11.6 Å². The first-order valence-electron chi connectivity index (χ1n) is 8.58. The number of carbonyl (C=O) groups is 1. The standard InChI is InChI=1S/C21H18N2O4S/c24-21(22-17-5-4-6-18(15-17)23(25)26)16-9-11-19(12-10-16)27-13-14-28-20-7-2-1-3-8-20/h1-12,15H,13-14H2,(H,22,24). The second-order valence-electron chi connectivity index (χ2n) is 5.80. The van der Waals surface area contributed by atoms with Crippen LogP contribution in [0.25, 0.3) is 0 Å². The van der Waals surface area contributed by atoms with Crippen LogP contribution in [0.5, 0.6) is 5.75 Å². The Labute approximate surface area is 166 Å². The topological polar surface area (TPSA) is 81.5 Å². The molecule has 142 valence electrons. The summed E-state index contributed by atoms with van der Waals surface area (Å²) in [6.07, 6.45) is 0. The average molecular weight is 394 g/mol. The Bertz CT molecular complexity index is 946. The quantitative estimate of drug-likeness (QED) is 0.251. The van der Waals surface area contributed by atoms with E-state index < -0.39 is 4.92 Å². The summed E-state index contributed by atoms with van der Waals surface area (Å²) in [6, 6.07) is 22.7. The van der Waals surface area contributed by atoms with E-state index in [0.717, 1.165) is 5.75 Å². The Kier molecular flexibility index (Phi) is 6.64. The molecule has 0 heterocycles. The van der Waals surface area contributed by atoms with Crippen LogP contribution in [0, 0.1) is 10.1 Å². The number of anilines is 1. The van der Waals surface area contributed by atoms with E-state index in [2.05, 4.69) is 17.4 Å². The molecule has 0 aliphatic heterocycles. The summed E-state index contributed by atoms with van der Waals surface area (Å²) >= 11 is 1.72. The molecule has 3 aromatic rings. The first kappa shape index (κ1) is 19.4. The molecule has 0 unspecified atom stereocenters. The van der Waals surface area contributed by atoms with Crippen LogP contribution in [0.3, 0.4) is 0 Å². The number of nitrogens with one attached hydrogen (secondary N) is 1. The highest BCUT2D eigenvalue weighted by Gasteiger charge is 2.10. The summed E-state index contributed by atoms with van der Waals surface area (Å²) in [7, 11) is 0. The van der Waals surface area contributed by atoms with E-state index in [4.69, 9.17) is 4.74 Å². The molecule has 0 saturated carbocycles. The number of amides is 1. The van der Waals surface area contributed by atoms with E-state index in [-0.39, 0.29) is 11.6 Å². The minimum Gasteiger partial charge on any atom is -0.493 e. The molecule has 3 aromatic carbocycles. The van der Waals surface area contributed by atoms with E-state index in [9.17, 15) is 14.9 Å². The molecular formula is C21H18N2O4S. The number of benzene rings is 3. The van der Waals surface area contributed by atoms with E-state index in [1.165, 1.54) is 23.1 Å². The van der Waals surface area contributed by atoms with Gasteiger partial charge in [-0.2, -0.15) is 0 Å². The summed E-state index contributed by atoms with van der Waals surface area (Å²) in [4.78, 5) is 23.8. The lowest BCUT2D eigenvalue weighted by molar-refractivity contribution is -0.384. The van der Waals surface area contributed by atoms with E-state index in [0.29, 0.717) is 23.6 Å². The lowest BCUT2D eigenvalue weighted by Gasteiger charge is -2.08. The highest BCUT2D eigenvalue weighted by molar-refractivity contribution is 7.99. The third-order valence-corrected chi connectivity index (χ3v) is 4.77. The third kappa shape index (κ3) is 5.59. The highest BCUT2D eigenvalue weighted by atomic mass is 32.2. The van der Waals surface area contributed by atoms with Crippen LogP contribution >= 0.6 is 11.8 Å². The first-order valence-corrected chi connectivity index (χ1v) is 9.57. The zero-order valence-corrected chi connectivity index (χ0v) is 15.7. The summed E-state index contributed by atoms with van der Waals surface area (Å²) in [5.41, 5.74) is 0.741. The van der Waals surface area contributed by atoms with Gasteiger partial charge < -0.3 is 10.1 Å². The SMILES string of the molecule is O=C(Nc1cccc([N+](=O)[O-])c1)c1ccc(OCCSc2ccccc2)cc1. The highest BCUT2D eigenvalue weighted by Crippen LogP contribution is 2.20. The average Bonchev–Trinajstić information content (AvgIpc) is 2.72. The van der Waals surface area contributed by atoms with E-state index in [1.807, 2.05) is 18.2 Å². The second-order valence-corrected chi connectivity index (χ2v) is 6.96. The van der Waals surface area contributed by atoms with Crippen molar-refractivity contribution in [1.29, 1.82) is 0 Å². The van der Waals surface area contributed by atoms with Crippen molar-refractivity contribution in [3.63, 3.8) is 0 Å². The summed E-state index contributed by atoms with van der Waals surface area (Å²) in [5.74, 6) is 1.16. The van der Waals surface area contributed by atoms with Crippen molar-refractivity contribution in [2.45, 2.75) is 4.90 Å². The molecule has 0 bridgehead atoms. The molecule has 0 aliphatic carbocycles. The predicted molar refractivity (Wildman–Crippen MR) is 110 cm³/mol. The summed E-state index contributed by atoms with van der Waals surface area (Å²) < 4.78 is 5.70. The Morgan fingerprint density at radius 1 is 1.00 bits per heavy atom. The van der Waals surface area contributed by atoms with Gasteiger partial charge in [0, 0.05) is 34.0 Å². The third-order valence-electron chi connectivity index (χ3n) is 3.80. The van der Waals surface area contributed by atoms with Crippen LogP contribution in [-0.2, 0) is 0 Å². The maximum absolute atomic E-state index is 12.3. The number of thioether (sulfide) groups is 1. The fourth-order valence-electron chi connectivity index (χ4n) is 2.44. The lowest BCUT2D eigenvalue weighted by Crippen LogP contribution is -2.12. The van der Waals surface area contributed by atoms with Gasteiger partial charge in [-0.3, -0.25) is 14.9 Å². The number of non-ortho nitro benzene ring substituents is 1. The normalized spacial score (nSPS) is 10.3. The molecule has 0 aliphatic rings. The van der Waals surface area contributed by atoms with Crippen LogP contribution in [0.2, 0.25) is 0 Å². The molecule has 0 aromatic heterocycles. The number of ether oxygens (including phenoxy) is 1. The Morgan fingerprint density at radius 3 is 2.46 bits per heavy atom. The van der Waals surface area contributed by atoms with Crippen LogP contribution in [0.15, 0.2) is 83.8 Å². The number of carbonyl (C=O) groups excluding carboxylic acids is 1. The maximum atomic E-state index is 12.3. The fourth-order valence-corrected chi connectivity index (χ4v) is 3.19. The molecule has 1 amide bonds. The van der Waals surface area contributed by atoms with Gasteiger partial charge in [0.15, 0.2) is 0 Å². The van der Waals surface area contributed by atoms with Gasteiger partial charge in [-0.05, 0) is 42.5 Å². The molecule has 3 rings (SSSR count). The molecular weight excluding hydrogens is 376 g/mol. The zero-order chi connectivity index (χ0) is 19.8. The molecule has 1 N–H and O–H groups in total. The molecule has 0 radical (unpaired) electrons. The van der Waals surface area contributed by atoms with Crippen molar-refractivity contribution < 1.29 is 14.5 Å². The molecule has 7 heteroatoms. The zero-order valence-electron chi connectivity index (χ0n) is 14.9. The number of nitro groups is 1. The van der Waals surface area contributed by atoms with Gasteiger partial charge in [0.05, 0.1) is 11.5 Å². The van der Waals surface area contributed by atoms with Crippen LogP contribution in [-0.4, -0.2) is 23.2 Å². The minimum atomic E-state index is -0.502. The lowest BCUT2D eigenvalue weighted by atomic mass is 10.2. The van der Waals surface area contributed by atoms with Crippen molar-refractivity contribution in [3.8, 4) is 5.75 Å². The van der Waals surface area contributed by atoms with E-state index in [1.54, 1.807) is 42.1 Å². The van der Waals surface area contributed by atoms with Gasteiger partial charge in [-0.25, -0.2) is 0 Å². The smallest absolute Gasteiger partial charge is 0.271 e. The van der Waals surface area contributed by atoms with Crippen molar-refractivity contribution in [2.75, 3.05) is 17.7 Å². The number of nitrogens with zero attached hydrogens (tertiary/aromatic N) is 1. The van der Waals surface area contributed by atoms with Crippen molar-refractivity contribution >= 4 is 29.0 Å². The molecule has 6 nitrogen and oxygen atoms in total. The summed E-state index contributed by atoms with van der Waals surface area (Å²) in [6.45, 7) is 0.554. The number of hydrogen-bond donors (Lipinski definition) is 1. The van der Waals surface area contributed by atoms with Crippen LogP contribution < -0.4 is 10.1 Å². The number of nitro benzene ring substituents is 1. The molecule has 0 atom stereocenters. The van der Waals surface area contributed by atoms with Crippen molar-refractivity contribution in [3.05, 3.63) is 94.5 Å². The summed E-state index contributed by atoms with van der Waals surface area (Å²) in [5, 5.41) is 13.5. The van der Waals surface area contributed by atoms with E-state index >= 15 is 0 Å². The van der Waals surface area contributed by atoms with Crippen LogP contribution in [0.4, 0.5) is 11.4 Å². The Morgan fingerprint density at radius 2 is 1.75 bits per heavy atom. The van der Waals surface area contributed by atoms with Gasteiger partial charge in [-0.15, -0.1) is 11.8 Å². The van der Waals surface area contributed by atoms with Gasteiger partial charge in [0.1, 0.15) is 5.75 Å². The minimum absolute atomic E-state index is 0.0741. The Balaban J connectivity index is 1.50. The largest absolute Gasteiger partial charge is 0.493 e. The fraction of sp³-hybridized carbons (Fsp3) is 0.0952. The van der Waals surface area contributed by atoms with Crippen molar-refractivity contribution in [1.82, 2.24) is 0 Å². The van der Waals surface area contributed by atoms with Gasteiger partial charge in [-0.1, -0.05) is 24.3 Å². The first-order chi connectivity index (χ1) is 13.6. The monoisotopic (exact) mass is 394 g/mol. The molecule has 0 fully saturated rings. The predicted octanol–water partition coefficient (Wildman–Crippen LogP) is 5.02. The Hall–Kier alpha value is -3.32. The van der Waals surface area contributed by atoms with Gasteiger partial charge in [0.2, 0.25) is 0 Å². The van der Waals surface area contributed by atoms with Crippen molar-refractivity contribution in [2.24, 2.45) is 0 Å².